The molecule has 1 aliphatic heterocycles. The van der Waals surface area contributed by atoms with Gasteiger partial charge in [0.25, 0.3) is 0 Å². The molecule has 0 aliphatic carbocycles. The van der Waals surface area contributed by atoms with Crippen molar-refractivity contribution in [3.8, 4) is 5.75 Å². The summed E-state index contributed by atoms with van der Waals surface area (Å²) in [5.74, 6) is 1.20. The van der Waals surface area contributed by atoms with Crippen LogP contribution in [0.4, 0.5) is 5.69 Å². The molecule has 0 bridgehead atoms. The van der Waals surface area contributed by atoms with E-state index in [1.54, 1.807) is 7.11 Å². The van der Waals surface area contributed by atoms with Crippen molar-refractivity contribution in [2.24, 2.45) is 10.7 Å². The second kappa shape index (κ2) is 11.4. The molecule has 1 aliphatic rings. The van der Waals surface area contributed by atoms with Gasteiger partial charge in [-0.2, -0.15) is 0 Å². The predicted molar refractivity (Wildman–Crippen MR) is 120 cm³/mol. The van der Waals surface area contributed by atoms with E-state index in [9.17, 15) is 0 Å². The van der Waals surface area contributed by atoms with Crippen LogP contribution < -0.4 is 15.8 Å². The van der Waals surface area contributed by atoms with Gasteiger partial charge in [0.05, 0.1) is 12.8 Å². The number of aliphatic imine (C=N–C) groups is 1. The second-order valence-electron chi connectivity index (χ2n) is 7.40. The minimum Gasteiger partial charge on any atom is -0.495 e. The van der Waals surface area contributed by atoms with Crippen molar-refractivity contribution in [3.05, 3.63) is 60.2 Å². The number of piperazine rings is 1. The van der Waals surface area contributed by atoms with Crippen LogP contribution in [0.15, 0.2) is 59.6 Å². The standard InChI is InChI=1S/C23H33N5O/c1-29-22-12-6-5-11-21(22)26-23(24)25-13-7-8-14-27-15-17-28(18-16-27)19-20-9-3-2-4-10-20/h2-6,9-12H,7-8,13-19H2,1H3,(H3,24,25,26). The quantitative estimate of drug-likeness (QED) is 0.388. The highest BCUT2D eigenvalue weighted by Crippen LogP contribution is 2.22. The van der Waals surface area contributed by atoms with Crippen molar-refractivity contribution >= 4 is 11.6 Å². The van der Waals surface area contributed by atoms with Crippen LogP contribution in [0.25, 0.3) is 0 Å². The average molecular weight is 396 g/mol. The van der Waals surface area contributed by atoms with E-state index >= 15 is 0 Å². The van der Waals surface area contributed by atoms with E-state index < -0.39 is 0 Å². The third kappa shape index (κ3) is 7.07. The molecule has 6 heteroatoms. The molecule has 1 heterocycles. The molecule has 0 aromatic heterocycles. The van der Waals surface area contributed by atoms with Gasteiger partial charge in [0.15, 0.2) is 5.96 Å². The van der Waals surface area contributed by atoms with Crippen molar-refractivity contribution in [1.82, 2.24) is 9.80 Å². The maximum Gasteiger partial charge on any atom is 0.193 e. The summed E-state index contributed by atoms with van der Waals surface area (Å²) in [4.78, 5) is 9.54. The highest BCUT2D eigenvalue weighted by molar-refractivity contribution is 5.93. The number of anilines is 1. The Morgan fingerprint density at radius 2 is 1.66 bits per heavy atom. The van der Waals surface area contributed by atoms with E-state index in [2.05, 4.69) is 50.4 Å². The molecule has 2 aromatic rings. The normalized spacial score (nSPS) is 16.0. The van der Waals surface area contributed by atoms with Crippen LogP contribution in [0.5, 0.6) is 5.75 Å². The Balaban J connectivity index is 1.29. The Labute approximate surface area is 174 Å². The molecule has 156 valence electrons. The smallest absolute Gasteiger partial charge is 0.193 e. The van der Waals surface area contributed by atoms with Gasteiger partial charge in [-0.1, -0.05) is 42.5 Å². The Morgan fingerprint density at radius 1 is 0.966 bits per heavy atom. The van der Waals surface area contributed by atoms with Gasteiger partial charge in [-0.15, -0.1) is 0 Å². The molecule has 0 spiro atoms. The highest BCUT2D eigenvalue weighted by atomic mass is 16.5. The van der Waals surface area contributed by atoms with Gasteiger partial charge >= 0.3 is 0 Å². The lowest BCUT2D eigenvalue weighted by atomic mass is 10.2. The minimum atomic E-state index is 0.434. The molecule has 0 radical (unpaired) electrons. The number of unbranched alkanes of at least 4 members (excludes halogenated alkanes) is 1. The fourth-order valence-electron chi connectivity index (χ4n) is 3.58. The van der Waals surface area contributed by atoms with Gasteiger partial charge in [-0.05, 0) is 37.1 Å². The maximum atomic E-state index is 6.00. The third-order valence-electron chi connectivity index (χ3n) is 5.25. The average Bonchev–Trinajstić information content (AvgIpc) is 2.76. The number of nitrogens with one attached hydrogen (secondary N) is 1. The topological polar surface area (TPSA) is 66.1 Å². The van der Waals surface area contributed by atoms with E-state index in [4.69, 9.17) is 10.5 Å². The number of methoxy groups -OCH3 is 1. The van der Waals surface area contributed by atoms with Crippen LogP contribution in [0, 0.1) is 0 Å². The lowest BCUT2D eigenvalue weighted by Crippen LogP contribution is -2.46. The monoisotopic (exact) mass is 395 g/mol. The molecule has 3 N–H and O–H groups in total. The van der Waals surface area contributed by atoms with Gasteiger partial charge in [0, 0.05) is 39.3 Å². The predicted octanol–water partition coefficient (Wildman–Crippen LogP) is 3.02. The van der Waals surface area contributed by atoms with Crippen molar-refractivity contribution in [2.45, 2.75) is 19.4 Å². The summed E-state index contributed by atoms with van der Waals surface area (Å²) in [7, 11) is 1.65. The van der Waals surface area contributed by atoms with Crippen LogP contribution in [-0.2, 0) is 6.54 Å². The summed E-state index contributed by atoms with van der Waals surface area (Å²) >= 11 is 0. The number of nitrogens with zero attached hydrogens (tertiary/aromatic N) is 3. The number of para-hydroxylation sites is 2. The summed E-state index contributed by atoms with van der Waals surface area (Å²) < 4.78 is 5.32. The summed E-state index contributed by atoms with van der Waals surface area (Å²) in [6.45, 7) is 7.51. The molecule has 0 amide bonds. The lowest BCUT2D eigenvalue weighted by molar-refractivity contribution is 0.126. The Hall–Kier alpha value is -2.57. The number of hydrogen-bond donors (Lipinski definition) is 2. The number of guanidine groups is 1. The molecule has 3 rings (SSSR count). The van der Waals surface area contributed by atoms with E-state index in [0.717, 1.165) is 70.1 Å². The first kappa shape index (κ1) is 21.1. The molecule has 0 saturated carbocycles. The van der Waals surface area contributed by atoms with Gasteiger partial charge in [-0.25, -0.2) is 0 Å². The first-order chi connectivity index (χ1) is 14.2. The zero-order valence-corrected chi connectivity index (χ0v) is 17.4. The van der Waals surface area contributed by atoms with Crippen LogP contribution in [0.2, 0.25) is 0 Å². The summed E-state index contributed by atoms with van der Waals surface area (Å²) in [5.41, 5.74) is 8.24. The minimum absolute atomic E-state index is 0.434. The van der Waals surface area contributed by atoms with Crippen molar-refractivity contribution in [2.75, 3.05) is 51.7 Å². The number of benzene rings is 2. The highest BCUT2D eigenvalue weighted by Gasteiger charge is 2.16. The molecule has 2 aromatic carbocycles. The van der Waals surface area contributed by atoms with Gasteiger partial charge in [0.2, 0.25) is 0 Å². The van der Waals surface area contributed by atoms with Crippen LogP contribution in [0.3, 0.4) is 0 Å². The second-order valence-corrected chi connectivity index (χ2v) is 7.40. The van der Waals surface area contributed by atoms with E-state index in [1.165, 1.54) is 5.56 Å². The van der Waals surface area contributed by atoms with Crippen molar-refractivity contribution in [1.29, 1.82) is 0 Å². The molecular weight excluding hydrogens is 362 g/mol. The van der Waals surface area contributed by atoms with Crippen LogP contribution in [-0.4, -0.2) is 62.1 Å². The van der Waals surface area contributed by atoms with E-state index in [1.807, 2.05) is 24.3 Å². The zero-order chi connectivity index (χ0) is 20.3. The summed E-state index contributed by atoms with van der Waals surface area (Å²) in [6.07, 6.45) is 2.18. The zero-order valence-electron chi connectivity index (χ0n) is 17.4. The fraction of sp³-hybridized carbons (Fsp3) is 0.435. The van der Waals surface area contributed by atoms with Gasteiger partial charge in [-0.3, -0.25) is 9.89 Å². The first-order valence-corrected chi connectivity index (χ1v) is 10.4. The Bertz CT molecular complexity index is 757. The molecule has 29 heavy (non-hydrogen) atoms. The number of nitrogens with two attached hydrogens (primary N) is 1. The first-order valence-electron chi connectivity index (χ1n) is 10.4. The number of rotatable bonds is 9. The molecule has 0 unspecified atom stereocenters. The van der Waals surface area contributed by atoms with E-state index in [-0.39, 0.29) is 0 Å². The molecule has 1 saturated heterocycles. The lowest BCUT2D eigenvalue weighted by Gasteiger charge is -2.34. The Morgan fingerprint density at radius 3 is 2.41 bits per heavy atom. The van der Waals surface area contributed by atoms with Crippen LogP contribution >= 0.6 is 0 Å². The molecule has 6 nitrogen and oxygen atoms in total. The molecular formula is C23H33N5O. The van der Waals surface area contributed by atoms with E-state index in [0.29, 0.717) is 5.96 Å². The van der Waals surface area contributed by atoms with Crippen molar-refractivity contribution < 1.29 is 4.74 Å². The number of ether oxygens (including phenoxy) is 1. The number of hydrogen-bond acceptors (Lipinski definition) is 4. The Kier molecular flexibility index (Phi) is 8.34. The third-order valence-corrected chi connectivity index (χ3v) is 5.25. The largest absolute Gasteiger partial charge is 0.495 e. The fourth-order valence-corrected chi connectivity index (χ4v) is 3.58. The molecule has 1 fully saturated rings. The summed E-state index contributed by atoms with van der Waals surface area (Å²) in [5, 5.41) is 3.11. The summed E-state index contributed by atoms with van der Waals surface area (Å²) in [6, 6.07) is 18.4. The maximum absolute atomic E-state index is 6.00. The molecule has 0 atom stereocenters. The van der Waals surface area contributed by atoms with Crippen LogP contribution in [0.1, 0.15) is 18.4 Å². The SMILES string of the molecule is COc1ccccc1NC(N)=NCCCCN1CCN(Cc2ccccc2)CC1. The van der Waals surface area contributed by atoms with Gasteiger partial charge < -0.3 is 20.7 Å². The van der Waals surface area contributed by atoms with Gasteiger partial charge in [0.1, 0.15) is 5.75 Å². The van der Waals surface area contributed by atoms with Crippen molar-refractivity contribution in [3.63, 3.8) is 0 Å².